The van der Waals surface area contributed by atoms with Gasteiger partial charge in [-0.3, -0.25) is 14.9 Å². The highest BCUT2D eigenvalue weighted by Crippen LogP contribution is 2.29. The smallest absolute Gasteiger partial charge is 0.293 e. The first kappa shape index (κ1) is 17.2. The lowest BCUT2D eigenvalue weighted by atomic mass is 9.86. The second-order valence-electron chi connectivity index (χ2n) is 6.35. The zero-order valence-corrected chi connectivity index (χ0v) is 14.0. The van der Waals surface area contributed by atoms with Crippen molar-refractivity contribution in [3.8, 4) is 0 Å². The number of carbonyl (C=O) groups excluding carboxylic acids is 1. The topological polar surface area (TPSA) is 75.5 Å². The second kappa shape index (κ2) is 7.44. The summed E-state index contributed by atoms with van der Waals surface area (Å²) in [5.74, 6) is 0.575. The number of benzene rings is 1. The third-order valence-corrected chi connectivity index (χ3v) is 4.66. The highest BCUT2D eigenvalue weighted by molar-refractivity contribution is 5.95. The summed E-state index contributed by atoms with van der Waals surface area (Å²) in [4.78, 5) is 25.2. The first-order chi connectivity index (χ1) is 10.9. The van der Waals surface area contributed by atoms with Gasteiger partial charge in [-0.05, 0) is 50.7 Å². The summed E-state index contributed by atoms with van der Waals surface area (Å²) in [5, 5.41) is 14.2. The molecule has 1 aromatic carbocycles. The van der Waals surface area contributed by atoms with Crippen molar-refractivity contribution in [1.82, 2.24) is 4.90 Å². The van der Waals surface area contributed by atoms with Crippen LogP contribution in [0, 0.1) is 16.0 Å². The molecule has 0 bridgehead atoms. The summed E-state index contributed by atoms with van der Waals surface area (Å²) < 4.78 is 0. The van der Waals surface area contributed by atoms with E-state index in [4.69, 9.17) is 0 Å². The first-order valence-corrected chi connectivity index (χ1v) is 8.23. The fourth-order valence-corrected chi connectivity index (χ4v) is 3.15. The van der Waals surface area contributed by atoms with Crippen LogP contribution in [0.4, 0.5) is 11.4 Å². The van der Waals surface area contributed by atoms with Gasteiger partial charge in [0, 0.05) is 31.3 Å². The Hall–Kier alpha value is -2.11. The van der Waals surface area contributed by atoms with Crippen LogP contribution in [0.5, 0.6) is 0 Å². The predicted molar refractivity (Wildman–Crippen MR) is 90.8 cm³/mol. The van der Waals surface area contributed by atoms with E-state index in [-0.39, 0.29) is 17.6 Å². The van der Waals surface area contributed by atoms with Crippen LogP contribution in [0.3, 0.4) is 0 Å². The first-order valence-electron chi connectivity index (χ1n) is 8.23. The lowest BCUT2D eigenvalue weighted by molar-refractivity contribution is -0.384. The van der Waals surface area contributed by atoms with Crippen molar-refractivity contribution in [2.45, 2.75) is 45.6 Å². The molecule has 1 aliphatic carbocycles. The largest absolute Gasteiger partial charge is 0.380 e. The van der Waals surface area contributed by atoms with Gasteiger partial charge in [-0.1, -0.05) is 6.92 Å². The zero-order chi connectivity index (χ0) is 17.0. The molecule has 0 aliphatic heterocycles. The second-order valence-corrected chi connectivity index (χ2v) is 6.35. The Bertz CT molecular complexity index is 580. The molecule has 0 atom stereocenters. The number of amides is 1. The van der Waals surface area contributed by atoms with Gasteiger partial charge in [0.25, 0.3) is 11.6 Å². The number of rotatable bonds is 5. The van der Waals surface area contributed by atoms with Crippen molar-refractivity contribution < 1.29 is 9.72 Å². The summed E-state index contributed by atoms with van der Waals surface area (Å²) >= 11 is 0. The van der Waals surface area contributed by atoms with E-state index in [0.29, 0.717) is 17.8 Å². The molecular weight excluding hydrogens is 294 g/mol. The highest BCUT2D eigenvalue weighted by Gasteiger charge is 2.26. The third-order valence-electron chi connectivity index (χ3n) is 4.66. The monoisotopic (exact) mass is 319 g/mol. The summed E-state index contributed by atoms with van der Waals surface area (Å²) in [7, 11) is 1.80. The van der Waals surface area contributed by atoms with Gasteiger partial charge in [-0.2, -0.15) is 0 Å². The molecule has 0 saturated heterocycles. The van der Waals surface area contributed by atoms with E-state index in [9.17, 15) is 14.9 Å². The van der Waals surface area contributed by atoms with E-state index in [1.807, 2.05) is 6.92 Å². The Balaban J connectivity index is 2.18. The van der Waals surface area contributed by atoms with Gasteiger partial charge >= 0.3 is 0 Å². The molecule has 1 aliphatic rings. The van der Waals surface area contributed by atoms with Crippen molar-refractivity contribution in [3.63, 3.8) is 0 Å². The number of nitro benzene ring substituents is 1. The molecule has 0 unspecified atom stereocenters. The third kappa shape index (κ3) is 4.00. The molecule has 2 rings (SSSR count). The molecule has 0 aromatic heterocycles. The Labute approximate surface area is 137 Å². The van der Waals surface area contributed by atoms with E-state index in [0.717, 1.165) is 31.6 Å². The molecule has 6 heteroatoms. The summed E-state index contributed by atoms with van der Waals surface area (Å²) in [6.07, 6.45) is 4.26. The molecule has 1 amide bonds. The van der Waals surface area contributed by atoms with E-state index in [2.05, 4.69) is 12.2 Å². The Morgan fingerprint density at radius 2 is 2.00 bits per heavy atom. The minimum absolute atomic E-state index is 0.0524. The van der Waals surface area contributed by atoms with E-state index in [1.165, 1.54) is 6.07 Å². The zero-order valence-electron chi connectivity index (χ0n) is 14.0. The predicted octanol–water partition coefficient (Wildman–Crippen LogP) is 3.68. The van der Waals surface area contributed by atoms with Crippen LogP contribution in [0.1, 0.15) is 49.9 Å². The van der Waals surface area contributed by atoms with Crippen LogP contribution in [0.15, 0.2) is 18.2 Å². The molecule has 1 saturated carbocycles. The van der Waals surface area contributed by atoms with Crippen LogP contribution < -0.4 is 5.32 Å². The average molecular weight is 319 g/mol. The summed E-state index contributed by atoms with van der Waals surface area (Å²) in [5.41, 5.74) is 0.769. The van der Waals surface area contributed by atoms with E-state index in [1.54, 1.807) is 24.1 Å². The molecule has 126 valence electrons. The van der Waals surface area contributed by atoms with Gasteiger partial charge in [-0.15, -0.1) is 0 Å². The van der Waals surface area contributed by atoms with Gasteiger partial charge in [0.05, 0.1) is 4.92 Å². The summed E-state index contributed by atoms with van der Waals surface area (Å²) in [6, 6.07) is 4.88. The minimum atomic E-state index is -0.447. The molecule has 0 radical (unpaired) electrons. The lowest BCUT2D eigenvalue weighted by Crippen LogP contribution is -2.39. The molecule has 0 heterocycles. The number of hydrogen-bond acceptors (Lipinski definition) is 4. The molecule has 23 heavy (non-hydrogen) atoms. The molecule has 1 aromatic rings. The van der Waals surface area contributed by atoms with Gasteiger partial charge in [-0.25, -0.2) is 0 Å². The van der Waals surface area contributed by atoms with Crippen molar-refractivity contribution in [3.05, 3.63) is 33.9 Å². The van der Waals surface area contributed by atoms with Gasteiger partial charge < -0.3 is 10.2 Å². The summed E-state index contributed by atoms with van der Waals surface area (Å²) in [6.45, 7) is 4.70. The quantitative estimate of drug-likeness (QED) is 0.663. The van der Waals surface area contributed by atoms with Crippen molar-refractivity contribution in [2.75, 3.05) is 18.9 Å². The molecule has 1 fully saturated rings. The highest BCUT2D eigenvalue weighted by atomic mass is 16.6. The van der Waals surface area contributed by atoms with Gasteiger partial charge in [0.2, 0.25) is 0 Å². The fraction of sp³-hybridized carbons (Fsp3) is 0.588. The number of nitrogens with zero attached hydrogens (tertiary/aromatic N) is 2. The van der Waals surface area contributed by atoms with Crippen molar-refractivity contribution >= 4 is 17.3 Å². The van der Waals surface area contributed by atoms with Crippen LogP contribution in [-0.4, -0.2) is 35.4 Å². The van der Waals surface area contributed by atoms with Crippen molar-refractivity contribution in [1.29, 1.82) is 0 Å². The van der Waals surface area contributed by atoms with Crippen LogP contribution >= 0.6 is 0 Å². The average Bonchev–Trinajstić information content (AvgIpc) is 2.54. The fourth-order valence-electron chi connectivity index (χ4n) is 3.15. The Kier molecular flexibility index (Phi) is 5.58. The van der Waals surface area contributed by atoms with Gasteiger partial charge in [0.1, 0.15) is 5.69 Å². The SMILES string of the molecule is CCNc1ccc(C(=O)N(C)C2CCC(C)CC2)cc1[N+](=O)[O-]. The maximum absolute atomic E-state index is 12.7. The number of carbonyl (C=O) groups is 1. The maximum atomic E-state index is 12.7. The van der Waals surface area contributed by atoms with Crippen LogP contribution in [0.25, 0.3) is 0 Å². The normalized spacial score (nSPS) is 20.8. The van der Waals surface area contributed by atoms with E-state index >= 15 is 0 Å². The Morgan fingerprint density at radius 1 is 1.35 bits per heavy atom. The number of nitrogens with one attached hydrogen (secondary N) is 1. The standard InChI is InChI=1S/C17H25N3O3/c1-4-18-15-10-7-13(11-16(15)20(22)23)17(21)19(3)14-8-5-12(2)6-9-14/h7,10-12,14,18H,4-6,8-9H2,1-3H3. The van der Waals surface area contributed by atoms with E-state index < -0.39 is 4.92 Å². The number of nitro groups is 1. The number of anilines is 1. The molecule has 1 N–H and O–H groups in total. The maximum Gasteiger partial charge on any atom is 0.293 e. The molecule has 6 nitrogen and oxygen atoms in total. The van der Waals surface area contributed by atoms with Crippen LogP contribution in [-0.2, 0) is 0 Å². The molecule has 0 spiro atoms. The van der Waals surface area contributed by atoms with Gasteiger partial charge in [0.15, 0.2) is 0 Å². The minimum Gasteiger partial charge on any atom is -0.380 e. The Morgan fingerprint density at radius 3 is 2.57 bits per heavy atom. The lowest BCUT2D eigenvalue weighted by Gasteiger charge is -2.33. The van der Waals surface area contributed by atoms with Crippen LogP contribution in [0.2, 0.25) is 0 Å². The van der Waals surface area contributed by atoms with Crippen molar-refractivity contribution in [2.24, 2.45) is 5.92 Å². The molecular formula is C17H25N3O3. The number of hydrogen-bond donors (Lipinski definition) is 1.